The minimum Gasteiger partial charge on any atom is -0.450 e. The maximum absolute atomic E-state index is 12.6. The highest BCUT2D eigenvalue weighted by Crippen LogP contribution is 2.56. The third kappa shape index (κ3) is 2.75. The van der Waals surface area contributed by atoms with Gasteiger partial charge in [0.15, 0.2) is 6.10 Å². The van der Waals surface area contributed by atoms with Gasteiger partial charge in [-0.25, -0.2) is 0 Å². The standard InChI is InChI=1S/C17H24O5/c1-8-6-12(22-10(3)18)15(20)9(2)11-7-17(4,5)13(11)16(21)14(8)19/h6,11-14,16,19,21H,2,7H2,1,3-5H3/b8-6+/t11-,12-,13+,14+,16-/m1/s1. The van der Waals surface area contributed by atoms with Gasteiger partial charge in [0.05, 0.1) is 6.10 Å². The number of aliphatic hydroxyl groups excluding tert-OH is 2. The van der Waals surface area contributed by atoms with Gasteiger partial charge in [-0.15, -0.1) is 0 Å². The molecule has 122 valence electrons. The van der Waals surface area contributed by atoms with Crippen LogP contribution in [-0.4, -0.2) is 40.3 Å². The fourth-order valence-electron chi connectivity index (χ4n) is 3.76. The van der Waals surface area contributed by atoms with Crippen LogP contribution in [0.5, 0.6) is 0 Å². The lowest BCUT2D eigenvalue weighted by Crippen LogP contribution is -2.55. The van der Waals surface area contributed by atoms with Gasteiger partial charge in [-0.05, 0) is 47.8 Å². The number of hydrogen-bond acceptors (Lipinski definition) is 5. The van der Waals surface area contributed by atoms with E-state index in [4.69, 9.17) is 4.74 Å². The van der Waals surface area contributed by atoms with E-state index in [1.165, 1.54) is 13.0 Å². The summed E-state index contributed by atoms with van der Waals surface area (Å²) in [4.78, 5) is 23.8. The second-order valence-corrected chi connectivity index (χ2v) is 7.09. The molecule has 0 aromatic rings. The monoisotopic (exact) mass is 308 g/mol. The lowest BCUT2D eigenvalue weighted by atomic mass is 9.51. The van der Waals surface area contributed by atoms with E-state index in [9.17, 15) is 19.8 Å². The Kier molecular flexibility index (Phi) is 4.33. The third-order valence-corrected chi connectivity index (χ3v) is 4.97. The van der Waals surface area contributed by atoms with E-state index in [-0.39, 0.29) is 23.0 Å². The quantitative estimate of drug-likeness (QED) is 0.434. The molecule has 0 amide bonds. The maximum Gasteiger partial charge on any atom is 0.303 e. The Morgan fingerprint density at radius 3 is 2.50 bits per heavy atom. The molecule has 5 atom stereocenters. The Labute approximate surface area is 130 Å². The zero-order chi connectivity index (χ0) is 16.8. The molecule has 5 nitrogen and oxygen atoms in total. The van der Waals surface area contributed by atoms with Gasteiger partial charge in [0, 0.05) is 6.92 Å². The number of carbonyl (C=O) groups excluding carboxylic acids is 2. The van der Waals surface area contributed by atoms with Crippen molar-refractivity contribution < 1.29 is 24.5 Å². The molecule has 0 spiro atoms. The number of aliphatic hydroxyl groups is 2. The van der Waals surface area contributed by atoms with Crippen LogP contribution >= 0.6 is 0 Å². The first-order valence-corrected chi connectivity index (χ1v) is 7.51. The minimum absolute atomic E-state index is 0.185. The fourth-order valence-corrected chi connectivity index (χ4v) is 3.76. The topological polar surface area (TPSA) is 83.8 Å². The first-order chi connectivity index (χ1) is 10.1. The van der Waals surface area contributed by atoms with Crippen molar-refractivity contribution in [2.75, 3.05) is 0 Å². The Bertz CT molecular complexity index is 545. The fraction of sp³-hybridized carbons (Fsp3) is 0.647. The summed E-state index contributed by atoms with van der Waals surface area (Å²) in [7, 11) is 0. The molecule has 1 fully saturated rings. The Morgan fingerprint density at radius 1 is 1.41 bits per heavy atom. The van der Waals surface area contributed by atoms with Crippen molar-refractivity contribution in [3.63, 3.8) is 0 Å². The van der Waals surface area contributed by atoms with Crippen LogP contribution in [0.4, 0.5) is 0 Å². The first-order valence-electron chi connectivity index (χ1n) is 7.51. The number of rotatable bonds is 1. The van der Waals surface area contributed by atoms with E-state index in [0.717, 1.165) is 0 Å². The summed E-state index contributed by atoms with van der Waals surface area (Å²) < 4.78 is 5.06. The van der Waals surface area contributed by atoms with Crippen molar-refractivity contribution in [3.05, 3.63) is 23.8 Å². The molecule has 2 aliphatic rings. The highest BCUT2D eigenvalue weighted by Gasteiger charge is 2.55. The van der Waals surface area contributed by atoms with Crippen LogP contribution in [0.1, 0.15) is 34.1 Å². The molecule has 0 unspecified atom stereocenters. The van der Waals surface area contributed by atoms with Gasteiger partial charge in [-0.1, -0.05) is 20.4 Å². The van der Waals surface area contributed by atoms with Gasteiger partial charge in [-0.2, -0.15) is 0 Å². The highest BCUT2D eigenvalue weighted by molar-refractivity contribution is 6.01. The molecule has 1 saturated carbocycles. The van der Waals surface area contributed by atoms with Gasteiger partial charge in [0.25, 0.3) is 0 Å². The summed E-state index contributed by atoms with van der Waals surface area (Å²) in [6, 6.07) is 0. The molecule has 5 heteroatoms. The number of ketones is 1. The summed E-state index contributed by atoms with van der Waals surface area (Å²) in [5.41, 5.74) is 0.589. The number of fused-ring (bicyclic) bond motifs is 1. The zero-order valence-electron chi connectivity index (χ0n) is 13.5. The highest BCUT2D eigenvalue weighted by atomic mass is 16.5. The maximum atomic E-state index is 12.6. The van der Waals surface area contributed by atoms with Gasteiger partial charge in [-0.3, -0.25) is 9.59 Å². The predicted molar refractivity (Wildman–Crippen MR) is 80.8 cm³/mol. The van der Waals surface area contributed by atoms with Crippen molar-refractivity contribution in [1.29, 1.82) is 0 Å². The number of esters is 1. The minimum atomic E-state index is -1.09. The SMILES string of the molecule is C=C1C(=O)[C@H](OC(C)=O)/C=C(\C)[C@H](O)[C@H](O)[C@@H]2[C@@H]1CC2(C)C. The van der Waals surface area contributed by atoms with E-state index in [1.807, 2.05) is 13.8 Å². The average Bonchev–Trinajstić information content (AvgIpc) is 2.41. The Hall–Kier alpha value is -1.46. The average molecular weight is 308 g/mol. The molecule has 0 radical (unpaired) electrons. The van der Waals surface area contributed by atoms with E-state index < -0.39 is 24.3 Å². The molecular formula is C17H24O5. The predicted octanol–water partition coefficient (Wildman–Crippen LogP) is 1.39. The Balaban J connectivity index is 2.43. The molecule has 0 aromatic heterocycles. The van der Waals surface area contributed by atoms with Crippen molar-refractivity contribution >= 4 is 11.8 Å². The number of Topliss-reactive ketones (excluding diaryl/α,β-unsaturated/α-hetero) is 1. The molecule has 0 heterocycles. The molecule has 2 rings (SSSR count). The van der Waals surface area contributed by atoms with Crippen LogP contribution in [0.3, 0.4) is 0 Å². The molecule has 0 saturated heterocycles. The van der Waals surface area contributed by atoms with Crippen molar-refractivity contribution in [1.82, 2.24) is 0 Å². The molecular weight excluding hydrogens is 284 g/mol. The first kappa shape index (κ1) is 16.9. The van der Waals surface area contributed by atoms with Crippen LogP contribution < -0.4 is 0 Å². The Morgan fingerprint density at radius 2 is 2.00 bits per heavy atom. The van der Waals surface area contributed by atoms with E-state index in [0.29, 0.717) is 17.6 Å². The van der Waals surface area contributed by atoms with Crippen LogP contribution in [0, 0.1) is 17.3 Å². The van der Waals surface area contributed by atoms with Crippen LogP contribution in [0.15, 0.2) is 23.8 Å². The normalized spacial score (nSPS) is 40.3. The second kappa shape index (κ2) is 5.63. The van der Waals surface area contributed by atoms with Crippen LogP contribution in [0.25, 0.3) is 0 Å². The smallest absolute Gasteiger partial charge is 0.303 e. The van der Waals surface area contributed by atoms with Gasteiger partial charge < -0.3 is 14.9 Å². The lowest BCUT2D eigenvalue weighted by molar-refractivity contribution is -0.150. The summed E-state index contributed by atoms with van der Waals surface area (Å²) in [5, 5.41) is 20.9. The van der Waals surface area contributed by atoms with Crippen LogP contribution in [-0.2, 0) is 14.3 Å². The molecule has 0 aromatic carbocycles. The van der Waals surface area contributed by atoms with Gasteiger partial charge in [0.2, 0.25) is 5.78 Å². The number of carbonyl (C=O) groups is 2. The summed E-state index contributed by atoms with van der Waals surface area (Å²) >= 11 is 0. The molecule has 22 heavy (non-hydrogen) atoms. The number of ether oxygens (including phenoxy) is 1. The summed E-state index contributed by atoms with van der Waals surface area (Å²) in [6.45, 7) is 10.7. The van der Waals surface area contributed by atoms with Gasteiger partial charge in [0.1, 0.15) is 6.10 Å². The van der Waals surface area contributed by atoms with Crippen molar-refractivity contribution in [2.24, 2.45) is 17.3 Å². The van der Waals surface area contributed by atoms with E-state index in [2.05, 4.69) is 6.58 Å². The second-order valence-electron chi connectivity index (χ2n) is 7.09. The number of hydrogen-bond donors (Lipinski definition) is 2. The largest absolute Gasteiger partial charge is 0.450 e. The summed E-state index contributed by atoms with van der Waals surface area (Å²) in [6.07, 6.45) is -1.05. The van der Waals surface area contributed by atoms with Crippen molar-refractivity contribution in [2.45, 2.75) is 52.4 Å². The summed E-state index contributed by atoms with van der Waals surface area (Å²) in [5.74, 6) is -1.39. The zero-order valence-corrected chi connectivity index (χ0v) is 13.5. The molecule has 2 aliphatic carbocycles. The van der Waals surface area contributed by atoms with E-state index >= 15 is 0 Å². The molecule has 0 aliphatic heterocycles. The van der Waals surface area contributed by atoms with Gasteiger partial charge >= 0.3 is 5.97 Å². The van der Waals surface area contributed by atoms with Crippen LogP contribution in [0.2, 0.25) is 0 Å². The van der Waals surface area contributed by atoms with E-state index in [1.54, 1.807) is 6.92 Å². The van der Waals surface area contributed by atoms with Crippen molar-refractivity contribution in [3.8, 4) is 0 Å². The molecule has 2 N–H and O–H groups in total. The molecule has 0 bridgehead atoms. The lowest BCUT2D eigenvalue weighted by Gasteiger charge is -2.54. The third-order valence-electron chi connectivity index (χ3n) is 4.97.